The van der Waals surface area contributed by atoms with Crippen molar-refractivity contribution in [2.45, 2.75) is 64.7 Å². The Kier molecular flexibility index (Phi) is 4.58. The number of hydrogen-bond acceptors (Lipinski definition) is 3. The maximum absolute atomic E-state index is 5.00. The molecule has 1 aromatic rings. The molecule has 3 heteroatoms. The molecule has 1 N–H and O–H groups in total. The Hall–Kier alpha value is -0.960. The van der Waals surface area contributed by atoms with Crippen LogP contribution in [0.5, 0.6) is 0 Å². The van der Waals surface area contributed by atoms with Crippen LogP contribution >= 0.6 is 0 Å². The Labute approximate surface area is 129 Å². The molecule has 1 aromatic heterocycles. The van der Waals surface area contributed by atoms with Gasteiger partial charge in [-0.3, -0.25) is 0 Å². The van der Waals surface area contributed by atoms with Crippen molar-refractivity contribution < 1.29 is 0 Å². The van der Waals surface area contributed by atoms with E-state index < -0.39 is 0 Å². The van der Waals surface area contributed by atoms with Crippen molar-refractivity contribution in [2.75, 3.05) is 13.6 Å². The van der Waals surface area contributed by atoms with E-state index in [1.165, 1.54) is 49.1 Å². The van der Waals surface area contributed by atoms with E-state index in [2.05, 4.69) is 19.2 Å². The third-order valence-electron chi connectivity index (χ3n) is 5.39. The van der Waals surface area contributed by atoms with Gasteiger partial charge in [0, 0.05) is 17.3 Å². The van der Waals surface area contributed by atoms with Crippen molar-refractivity contribution in [3.63, 3.8) is 0 Å². The van der Waals surface area contributed by atoms with E-state index in [4.69, 9.17) is 9.97 Å². The molecule has 21 heavy (non-hydrogen) atoms. The molecule has 1 fully saturated rings. The van der Waals surface area contributed by atoms with Gasteiger partial charge in [0.1, 0.15) is 5.82 Å². The number of fused-ring (bicyclic) bond motifs is 1. The average molecular weight is 287 g/mol. The summed E-state index contributed by atoms with van der Waals surface area (Å²) in [5.74, 6) is 3.34. The predicted octanol–water partition coefficient (Wildman–Crippen LogP) is 3.40. The Balaban J connectivity index is 1.81. The standard InChI is InChI=1S/C18H29N3/c1-12-5-4-6-15(9-12)18-20-13(2)16-10-14(11-19-3)7-8-17(16)21-18/h12,14-15,19H,4-11H2,1-3H3. The Morgan fingerprint density at radius 2 is 2.05 bits per heavy atom. The van der Waals surface area contributed by atoms with Crippen molar-refractivity contribution in [2.24, 2.45) is 11.8 Å². The highest BCUT2D eigenvalue weighted by atomic mass is 14.9. The van der Waals surface area contributed by atoms with Crippen LogP contribution in [-0.4, -0.2) is 23.6 Å². The summed E-state index contributed by atoms with van der Waals surface area (Å²) in [6, 6.07) is 0. The Morgan fingerprint density at radius 3 is 2.81 bits per heavy atom. The van der Waals surface area contributed by atoms with Gasteiger partial charge < -0.3 is 5.32 Å². The lowest BCUT2D eigenvalue weighted by Gasteiger charge is -2.29. The molecule has 0 bridgehead atoms. The molecule has 1 heterocycles. The average Bonchev–Trinajstić information content (AvgIpc) is 2.48. The van der Waals surface area contributed by atoms with E-state index in [0.29, 0.717) is 5.92 Å². The number of aryl methyl sites for hydroxylation is 2. The summed E-state index contributed by atoms with van der Waals surface area (Å²) in [7, 11) is 2.05. The largest absolute Gasteiger partial charge is 0.319 e. The molecule has 0 aliphatic heterocycles. The van der Waals surface area contributed by atoms with Crippen LogP contribution in [0.2, 0.25) is 0 Å². The summed E-state index contributed by atoms with van der Waals surface area (Å²) < 4.78 is 0. The highest BCUT2D eigenvalue weighted by Gasteiger charge is 2.26. The van der Waals surface area contributed by atoms with Crippen LogP contribution in [0.25, 0.3) is 0 Å². The van der Waals surface area contributed by atoms with Crippen LogP contribution in [-0.2, 0) is 12.8 Å². The summed E-state index contributed by atoms with van der Waals surface area (Å²) in [4.78, 5) is 9.90. The zero-order chi connectivity index (χ0) is 14.8. The van der Waals surface area contributed by atoms with Gasteiger partial charge in [-0.2, -0.15) is 0 Å². The van der Waals surface area contributed by atoms with Gasteiger partial charge in [-0.05, 0) is 70.0 Å². The number of hydrogen-bond donors (Lipinski definition) is 1. The fourth-order valence-corrected chi connectivity index (χ4v) is 4.20. The molecular weight excluding hydrogens is 258 g/mol. The van der Waals surface area contributed by atoms with Gasteiger partial charge in [-0.15, -0.1) is 0 Å². The summed E-state index contributed by atoms with van der Waals surface area (Å²) in [5, 5.41) is 3.31. The lowest BCUT2D eigenvalue weighted by atomic mass is 9.81. The van der Waals surface area contributed by atoms with Gasteiger partial charge in [0.2, 0.25) is 0 Å². The van der Waals surface area contributed by atoms with Gasteiger partial charge in [0.25, 0.3) is 0 Å². The van der Waals surface area contributed by atoms with Crippen molar-refractivity contribution >= 4 is 0 Å². The highest BCUT2D eigenvalue weighted by Crippen LogP contribution is 2.35. The monoisotopic (exact) mass is 287 g/mol. The number of nitrogens with zero attached hydrogens (tertiary/aromatic N) is 2. The van der Waals surface area contributed by atoms with Gasteiger partial charge in [0.05, 0.1) is 0 Å². The zero-order valence-corrected chi connectivity index (χ0v) is 13.8. The predicted molar refractivity (Wildman–Crippen MR) is 86.6 cm³/mol. The number of nitrogens with one attached hydrogen (secondary N) is 1. The summed E-state index contributed by atoms with van der Waals surface area (Å²) in [6.07, 6.45) is 8.85. The van der Waals surface area contributed by atoms with Crippen molar-refractivity contribution in [1.29, 1.82) is 0 Å². The molecule has 3 atom stereocenters. The number of rotatable bonds is 3. The highest BCUT2D eigenvalue weighted by molar-refractivity contribution is 5.29. The summed E-state index contributed by atoms with van der Waals surface area (Å²) in [6.45, 7) is 5.68. The smallest absolute Gasteiger partial charge is 0.131 e. The normalized spacial score (nSPS) is 29.2. The van der Waals surface area contributed by atoms with Gasteiger partial charge >= 0.3 is 0 Å². The van der Waals surface area contributed by atoms with Gasteiger partial charge in [-0.25, -0.2) is 9.97 Å². The second-order valence-electron chi connectivity index (χ2n) is 7.23. The topological polar surface area (TPSA) is 37.8 Å². The molecule has 3 nitrogen and oxygen atoms in total. The second kappa shape index (κ2) is 6.43. The van der Waals surface area contributed by atoms with Crippen LogP contribution in [0, 0.1) is 18.8 Å². The fraction of sp³-hybridized carbons (Fsp3) is 0.778. The Bertz CT molecular complexity index is 497. The SMILES string of the molecule is CNCC1CCc2nc(C3CCCC(C)C3)nc(C)c2C1. The molecule has 0 saturated heterocycles. The van der Waals surface area contributed by atoms with Gasteiger partial charge in [-0.1, -0.05) is 19.8 Å². The first kappa shape index (κ1) is 15.0. The molecule has 3 rings (SSSR count). The van der Waals surface area contributed by atoms with Crippen molar-refractivity contribution in [3.8, 4) is 0 Å². The van der Waals surface area contributed by atoms with Crippen molar-refractivity contribution in [3.05, 3.63) is 22.8 Å². The number of aromatic nitrogens is 2. The van der Waals surface area contributed by atoms with Crippen molar-refractivity contribution in [1.82, 2.24) is 15.3 Å². The molecule has 0 spiro atoms. The molecule has 2 aliphatic rings. The minimum Gasteiger partial charge on any atom is -0.319 e. The maximum atomic E-state index is 5.00. The molecular formula is C18H29N3. The first-order valence-electron chi connectivity index (χ1n) is 8.68. The summed E-state index contributed by atoms with van der Waals surface area (Å²) in [5.41, 5.74) is 4.03. The molecule has 0 radical (unpaired) electrons. The maximum Gasteiger partial charge on any atom is 0.131 e. The molecule has 0 amide bonds. The second-order valence-corrected chi connectivity index (χ2v) is 7.23. The van der Waals surface area contributed by atoms with Crippen LogP contribution in [0.4, 0.5) is 0 Å². The van der Waals surface area contributed by atoms with E-state index in [9.17, 15) is 0 Å². The fourth-order valence-electron chi connectivity index (χ4n) is 4.20. The van der Waals surface area contributed by atoms with E-state index in [1.807, 2.05) is 7.05 Å². The Morgan fingerprint density at radius 1 is 1.19 bits per heavy atom. The lowest BCUT2D eigenvalue weighted by molar-refractivity contribution is 0.333. The van der Waals surface area contributed by atoms with E-state index in [-0.39, 0.29) is 0 Å². The lowest BCUT2D eigenvalue weighted by Crippen LogP contribution is -2.27. The molecule has 3 unspecified atom stereocenters. The minimum atomic E-state index is 0.604. The van der Waals surface area contributed by atoms with E-state index >= 15 is 0 Å². The van der Waals surface area contributed by atoms with Crippen LogP contribution in [0.3, 0.4) is 0 Å². The van der Waals surface area contributed by atoms with E-state index in [0.717, 1.165) is 37.0 Å². The molecule has 0 aromatic carbocycles. The quantitative estimate of drug-likeness (QED) is 0.926. The minimum absolute atomic E-state index is 0.604. The molecule has 1 saturated carbocycles. The van der Waals surface area contributed by atoms with Gasteiger partial charge in [0.15, 0.2) is 0 Å². The first-order chi connectivity index (χ1) is 10.2. The van der Waals surface area contributed by atoms with Crippen LogP contribution in [0.1, 0.15) is 67.7 Å². The van der Waals surface area contributed by atoms with Crippen LogP contribution < -0.4 is 5.32 Å². The molecule has 2 aliphatic carbocycles. The zero-order valence-electron chi connectivity index (χ0n) is 13.8. The third-order valence-corrected chi connectivity index (χ3v) is 5.39. The summed E-state index contributed by atoms with van der Waals surface area (Å²) >= 11 is 0. The first-order valence-corrected chi connectivity index (χ1v) is 8.68. The van der Waals surface area contributed by atoms with E-state index in [1.54, 1.807) is 0 Å². The molecule has 116 valence electrons. The third kappa shape index (κ3) is 3.28. The van der Waals surface area contributed by atoms with Crippen LogP contribution in [0.15, 0.2) is 0 Å².